The molecule has 0 unspecified atom stereocenters. The van der Waals surface area contributed by atoms with Gasteiger partial charge in [0.2, 0.25) is 0 Å². The Hall–Kier alpha value is -1.31. The molecule has 0 N–H and O–H groups in total. The fraction of sp³-hybridized carbons (Fsp3) is 0.125. The van der Waals surface area contributed by atoms with E-state index in [0.29, 0.717) is 0 Å². The van der Waals surface area contributed by atoms with Gasteiger partial charge in [0.05, 0.1) is 9.00 Å². The molecule has 1 aliphatic rings. The quantitative estimate of drug-likeness (QED) is 0.539. The van der Waals surface area contributed by atoms with Gasteiger partial charge in [0.1, 0.15) is 0 Å². The van der Waals surface area contributed by atoms with Crippen LogP contribution in [0.1, 0.15) is 16.6 Å². The van der Waals surface area contributed by atoms with Gasteiger partial charge in [0.25, 0.3) is 0 Å². The van der Waals surface area contributed by atoms with E-state index in [4.69, 9.17) is 5.48 Å². The van der Waals surface area contributed by atoms with E-state index in [1.54, 1.807) is 0 Å². The van der Waals surface area contributed by atoms with Gasteiger partial charge in [-0.3, -0.25) is 0 Å². The van der Waals surface area contributed by atoms with E-state index in [-0.39, 0.29) is 17.2 Å². The molecule has 2 nitrogen and oxygen atoms in total. The Labute approximate surface area is 63.4 Å². The van der Waals surface area contributed by atoms with Crippen LogP contribution in [0, 0.1) is 0 Å². The minimum Gasteiger partial charge on any atom is -0.431 e. The molecule has 0 aromatic carbocycles. The van der Waals surface area contributed by atoms with Crippen LogP contribution in [0.15, 0.2) is 27.6 Å². The molecule has 0 saturated heterocycles. The van der Waals surface area contributed by atoms with Crippen LogP contribution in [0.25, 0.3) is 6.05 Å². The van der Waals surface area contributed by atoms with Crippen LogP contribution in [0.3, 0.4) is 0 Å². The summed E-state index contributed by atoms with van der Waals surface area (Å²) in [7, 11) is 0. The Morgan fingerprint density at radius 2 is 2.70 bits per heavy atom. The summed E-state index contributed by atoms with van der Waals surface area (Å²) in [6.45, 7) is 0. The summed E-state index contributed by atoms with van der Waals surface area (Å²) < 4.78 is 34.2. The summed E-state index contributed by atoms with van der Waals surface area (Å²) in [4.78, 5) is 10.9. The van der Waals surface area contributed by atoms with Crippen LogP contribution >= 0.6 is 0 Å². The molecule has 0 spiro atoms. The van der Waals surface area contributed by atoms with E-state index in [0.717, 1.165) is 12.3 Å². The van der Waals surface area contributed by atoms with Crippen molar-refractivity contribution < 1.29 is 9.90 Å². The first kappa shape index (κ1) is 2.74. The molecule has 0 amide bonds. The molecule has 50 valence electrons. The topological polar surface area (TPSA) is 30.2 Å². The highest BCUT2D eigenvalue weighted by Crippen LogP contribution is 2.15. The monoisotopic (exact) mass is 138 g/mol. The lowest BCUT2D eigenvalue weighted by Gasteiger charge is -1.91. The van der Waals surface area contributed by atoms with Crippen molar-refractivity contribution in [2.45, 2.75) is 6.37 Å². The number of hydrogen-bond acceptors (Lipinski definition) is 2. The van der Waals surface area contributed by atoms with Gasteiger partial charge >= 0.3 is 5.63 Å². The van der Waals surface area contributed by atoms with Crippen molar-refractivity contribution >= 4 is 6.05 Å². The maximum Gasteiger partial charge on any atom is 0.336 e. The molecule has 1 aromatic heterocycles. The lowest BCUT2D eigenvalue weighted by Crippen LogP contribution is -1.97. The molecule has 1 aromatic rings. The molecular weight excluding hydrogens is 128 g/mol. The Morgan fingerprint density at radius 1 is 1.80 bits per heavy atom. The van der Waals surface area contributed by atoms with Crippen molar-refractivity contribution in [3.8, 4) is 0 Å². The van der Waals surface area contributed by atoms with Crippen LogP contribution in [0.5, 0.6) is 0 Å². The van der Waals surface area contributed by atoms with E-state index >= 15 is 0 Å². The third-order valence-corrected chi connectivity index (χ3v) is 1.22. The zero-order valence-electron chi connectivity index (χ0n) is 8.97. The second-order valence-corrected chi connectivity index (χ2v) is 1.87. The third kappa shape index (κ3) is 0.692. The average Bonchev–Trinajstić information content (AvgIpc) is 2.29. The predicted molar refractivity (Wildman–Crippen MR) is 37.7 cm³/mol. The van der Waals surface area contributed by atoms with Gasteiger partial charge < -0.3 is 4.42 Å². The van der Waals surface area contributed by atoms with Gasteiger partial charge in [-0.15, -0.1) is 0 Å². The number of allylic oxidation sites excluding steroid dienone is 1. The van der Waals surface area contributed by atoms with E-state index in [1.165, 1.54) is 0 Å². The zero-order chi connectivity index (χ0) is 10.5. The number of fused-ring (bicyclic) bond motifs is 1. The molecule has 2 heteroatoms. The fourth-order valence-corrected chi connectivity index (χ4v) is 0.776. The summed E-state index contributed by atoms with van der Waals surface area (Å²) in [6.07, 6.45) is 0.220. The van der Waals surface area contributed by atoms with E-state index in [2.05, 4.69) is 4.42 Å². The number of rotatable bonds is 0. The molecule has 0 aliphatic heterocycles. The van der Waals surface area contributed by atoms with Gasteiger partial charge in [-0.25, -0.2) is 4.79 Å². The van der Waals surface area contributed by atoms with Crippen molar-refractivity contribution in [1.29, 1.82) is 0 Å². The standard InChI is InChI=1S/C8H6O2/c9-8-4-6-2-1-3-7(6)5-10-8/h1-2,4-5H,3H2/i2D,3D2,4D. The highest BCUT2D eigenvalue weighted by atomic mass is 16.4. The molecule has 10 heavy (non-hydrogen) atoms. The van der Waals surface area contributed by atoms with Gasteiger partial charge in [0, 0.05) is 8.78 Å². The van der Waals surface area contributed by atoms with Crippen LogP contribution < -0.4 is 5.63 Å². The first-order valence-electron chi connectivity index (χ1n) is 4.76. The van der Waals surface area contributed by atoms with Crippen molar-refractivity contribution in [1.82, 2.24) is 0 Å². The molecule has 0 fully saturated rings. The fourth-order valence-electron chi connectivity index (χ4n) is 0.776. The Morgan fingerprint density at radius 3 is 3.60 bits per heavy atom. The second-order valence-electron chi connectivity index (χ2n) is 1.87. The van der Waals surface area contributed by atoms with E-state index in [1.807, 2.05) is 0 Å². The van der Waals surface area contributed by atoms with E-state index in [9.17, 15) is 4.79 Å². The highest BCUT2D eigenvalue weighted by Gasteiger charge is 2.04. The smallest absolute Gasteiger partial charge is 0.336 e. The van der Waals surface area contributed by atoms with Crippen molar-refractivity contribution in [2.24, 2.45) is 0 Å². The number of hydrogen-bond donors (Lipinski definition) is 0. The molecular formula is C8H6O2. The normalized spacial score (nSPS) is 25.4. The van der Waals surface area contributed by atoms with Gasteiger partial charge in [-0.1, -0.05) is 12.1 Å². The summed E-state index contributed by atoms with van der Waals surface area (Å²) in [5.74, 6) is 0. The summed E-state index contributed by atoms with van der Waals surface area (Å²) in [5.41, 5.74) is -0.738. The SMILES string of the molecule is [2H]C1=CC([2H])([2H])c2coc(=O)c([2H])c21. The first-order chi connectivity index (χ1) is 6.43. The summed E-state index contributed by atoms with van der Waals surface area (Å²) in [6, 6.07) is -0.590. The summed E-state index contributed by atoms with van der Waals surface area (Å²) >= 11 is 0. The molecule has 1 heterocycles. The van der Waals surface area contributed by atoms with E-state index < -0.39 is 18.0 Å². The Bertz CT molecular complexity index is 487. The Balaban J connectivity index is 2.83. The summed E-state index contributed by atoms with van der Waals surface area (Å²) in [5, 5.41) is 0. The van der Waals surface area contributed by atoms with Gasteiger partial charge in [-0.2, -0.15) is 0 Å². The van der Waals surface area contributed by atoms with Crippen LogP contribution in [0.4, 0.5) is 0 Å². The van der Waals surface area contributed by atoms with Crippen LogP contribution in [-0.2, 0) is 6.37 Å². The Kier molecular flexibility index (Phi) is 0.504. The predicted octanol–water partition coefficient (Wildman–Crippen LogP) is 1.21. The zero-order valence-corrected chi connectivity index (χ0v) is 4.97. The molecule has 0 radical (unpaired) electrons. The largest absolute Gasteiger partial charge is 0.431 e. The maximum atomic E-state index is 10.9. The van der Waals surface area contributed by atoms with Crippen molar-refractivity contribution in [2.75, 3.05) is 0 Å². The average molecular weight is 138 g/mol. The maximum absolute atomic E-state index is 10.9. The molecule has 0 saturated carbocycles. The third-order valence-electron chi connectivity index (χ3n) is 1.22. The molecule has 1 aliphatic carbocycles. The van der Waals surface area contributed by atoms with Crippen LogP contribution in [0.2, 0.25) is 0 Å². The van der Waals surface area contributed by atoms with Crippen molar-refractivity contribution in [3.05, 3.63) is 39.9 Å². The lowest BCUT2D eigenvalue weighted by atomic mass is 10.2. The lowest BCUT2D eigenvalue weighted by molar-refractivity contribution is 0.505. The van der Waals surface area contributed by atoms with Crippen molar-refractivity contribution in [3.63, 3.8) is 0 Å². The van der Waals surface area contributed by atoms with Gasteiger partial charge in [0.15, 0.2) is 0 Å². The second kappa shape index (κ2) is 1.84. The van der Waals surface area contributed by atoms with Gasteiger partial charge in [-0.05, 0) is 17.5 Å². The molecule has 0 bridgehead atoms. The molecule has 2 rings (SSSR count). The first-order valence-corrected chi connectivity index (χ1v) is 2.76. The molecule has 0 atom stereocenters. The highest BCUT2D eigenvalue weighted by molar-refractivity contribution is 5.58. The minimum absolute atomic E-state index is 0.0336. The minimum atomic E-state index is -1.82. The van der Waals surface area contributed by atoms with Crippen LogP contribution in [-0.4, -0.2) is 0 Å².